The molecule has 0 atom stereocenters. The summed E-state index contributed by atoms with van der Waals surface area (Å²) in [5.41, 5.74) is -0.148. The molecule has 0 aliphatic rings. The van der Waals surface area contributed by atoms with E-state index in [1.54, 1.807) is 0 Å². The molecule has 0 saturated heterocycles. The van der Waals surface area contributed by atoms with Crippen molar-refractivity contribution in [1.29, 1.82) is 0 Å². The molecule has 0 unspecified atom stereocenters. The van der Waals surface area contributed by atoms with E-state index in [-0.39, 0.29) is 18.1 Å². The van der Waals surface area contributed by atoms with Gasteiger partial charge in [0.1, 0.15) is 12.1 Å². The maximum atomic E-state index is 13.1. The third-order valence-corrected chi connectivity index (χ3v) is 4.91. The molecular formula is C18H15F4N3O3S. The molecule has 1 heterocycles. The topological polar surface area (TPSA) is 98.2 Å². The van der Waals surface area contributed by atoms with Crippen molar-refractivity contribution in [1.82, 2.24) is 4.98 Å². The lowest BCUT2D eigenvalue weighted by Crippen LogP contribution is -2.19. The SMILES string of the molecule is NS(=O)(=O)c1ccc(NCCc2coc(-c3ccc(F)cc3)n2)cc1C(F)(F)F. The first-order valence-corrected chi connectivity index (χ1v) is 9.77. The number of oxazole rings is 1. The number of hydrogen-bond acceptors (Lipinski definition) is 5. The van der Waals surface area contributed by atoms with Gasteiger partial charge in [0, 0.05) is 24.2 Å². The van der Waals surface area contributed by atoms with E-state index in [4.69, 9.17) is 9.56 Å². The van der Waals surface area contributed by atoms with Gasteiger partial charge in [-0.15, -0.1) is 0 Å². The predicted octanol–water partition coefficient (Wildman–Crippen LogP) is 3.80. The minimum atomic E-state index is -4.88. The van der Waals surface area contributed by atoms with E-state index >= 15 is 0 Å². The van der Waals surface area contributed by atoms with Crippen LogP contribution >= 0.6 is 0 Å². The zero-order valence-electron chi connectivity index (χ0n) is 14.7. The summed E-state index contributed by atoms with van der Waals surface area (Å²) in [4.78, 5) is 3.25. The van der Waals surface area contributed by atoms with Gasteiger partial charge in [0.05, 0.1) is 16.2 Å². The van der Waals surface area contributed by atoms with Crippen molar-refractivity contribution in [2.45, 2.75) is 17.5 Å². The van der Waals surface area contributed by atoms with E-state index in [2.05, 4.69) is 10.3 Å². The van der Waals surface area contributed by atoms with E-state index in [0.717, 1.165) is 6.07 Å². The van der Waals surface area contributed by atoms with Gasteiger partial charge < -0.3 is 9.73 Å². The molecule has 3 rings (SSSR count). The Hall–Kier alpha value is -2.92. The van der Waals surface area contributed by atoms with Crippen molar-refractivity contribution in [2.24, 2.45) is 5.14 Å². The summed E-state index contributed by atoms with van der Waals surface area (Å²) in [7, 11) is -4.52. The lowest BCUT2D eigenvalue weighted by atomic mass is 10.2. The minimum absolute atomic E-state index is 0.0759. The van der Waals surface area contributed by atoms with Crippen LogP contribution in [0.1, 0.15) is 11.3 Å². The average molecular weight is 429 g/mol. The van der Waals surface area contributed by atoms with Crippen LogP contribution in [-0.2, 0) is 22.6 Å². The Bertz CT molecular complexity index is 1110. The van der Waals surface area contributed by atoms with Gasteiger partial charge >= 0.3 is 6.18 Å². The van der Waals surface area contributed by atoms with Crippen molar-refractivity contribution in [3.63, 3.8) is 0 Å². The molecule has 0 bridgehead atoms. The predicted molar refractivity (Wildman–Crippen MR) is 96.9 cm³/mol. The van der Waals surface area contributed by atoms with Crippen LogP contribution in [0.15, 0.2) is 58.0 Å². The highest BCUT2D eigenvalue weighted by molar-refractivity contribution is 7.89. The zero-order valence-corrected chi connectivity index (χ0v) is 15.5. The van der Waals surface area contributed by atoms with Crippen LogP contribution in [0.2, 0.25) is 0 Å². The summed E-state index contributed by atoms with van der Waals surface area (Å²) < 4.78 is 80.4. The second-order valence-electron chi connectivity index (χ2n) is 6.08. The van der Waals surface area contributed by atoms with Crippen LogP contribution < -0.4 is 10.5 Å². The third-order valence-electron chi connectivity index (χ3n) is 3.94. The maximum absolute atomic E-state index is 13.1. The van der Waals surface area contributed by atoms with E-state index in [1.165, 1.54) is 36.6 Å². The molecule has 1 aromatic heterocycles. The molecule has 0 fully saturated rings. The van der Waals surface area contributed by atoms with Gasteiger partial charge in [-0.3, -0.25) is 0 Å². The highest BCUT2D eigenvalue weighted by atomic mass is 32.2. The van der Waals surface area contributed by atoms with E-state index in [0.29, 0.717) is 23.7 Å². The summed E-state index contributed by atoms with van der Waals surface area (Å²) >= 11 is 0. The number of primary sulfonamides is 1. The molecule has 0 saturated carbocycles. The van der Waals surface area contributed by atoms with Crippen LogP contribution in [0.5, 0.6) is 0 Å². The van der Waals surface area contributed by atoms with Crippen molar-refractivity contribution >= 4 is 15.7 Å². The molecule has 0 amide bonds. The van der Waals surface area contributed by atoms with Crippen LogP contribution in [0.4, 0.5) is 23.2 Å². The Morgan fingerprint density at radius 2 is 1.79 bits per heavy atom. The quantitative estimate of drug-likeness (QED) is 0.581. The van der Waals surface area contributed by atoms with Crippen LogP contribution in [0.25, 0.3) is 11.5 Å². The van der Waals surface area contributed by atoms with E-state index in [1.807, 2.05) is 0 Å². The fraction of sp³-hybridized carbons (Fsp3) is 0.167. The zero-order chi connectivity index (χ0) is 21.2. The van der Waals surface area contributed by atoms with E-state index in [9.17, 15) is 26.0 Å². The van der Waals surface area contributed by atoms with Gasteiger partial charge in [0.15, 0.2) is 0 Å². The van der Waals surface area contributed by atoms with Crippen molar-refractivity contribution in [2.75, 3.05) is 11.9 Å². The number of sulfonamides is 1. The summed E-state index contributed by atoms with van der Waals surface area (Å²) in [5.74, 6) is -0.103. The molecule has 3 aromatic rings. The third kappa shape index (κ3) is 5.12. The van der Waals surface area contributed by atoms with Crippen molar-refractivity contribution in [3.8, 4) is 11.5 Å². The largest absolute Gasteiger partial charge is 0.444 e. The Labute approximate surface area is 163 Å². The van der Waals surface area contributed by atoms with E-state index < -0.39 is 32.5 Å². The van der Waals surface area contributed by atoms with Gasteiger partial charge in [-0.2, -0.15) is 13.2 Å². The number of nitrogens with one attached hydrogen (secondary N) is 1. The van der Waals surface area contributed by atoms with Gasteiger partial charge in [-0.1, -0.05) is 0 Å². The minimum Gasteiger partial charge on any atom is -0.444 e. The molecule has 0 spiro atoms. The maximum Gasteiger partial charge on any atom is 0.417 e. The van der Waals surface area contributed by atoms with Gasteiger partial charge in [0.25, 0.3) is 0 Å². The molecule has 154 valence electrons. The van der Waals surface area contributed by atoms with Crippen molar-refractivity contribution < 1.29 is 30.4 Å². The lowest BCUT2D eigenvalue weighted by molar-refractivity contribution is -0.139. The Balaban J connectivity index is 1.69. The summed E-state index contributed by atoms with van der Waals surface area (Å²) in [5, 5.41) is 7.63. The number of nitrogens with zero attached hydrogens (tertiary/aromatic N) is 1. The highest BCUT2D eigenvalue weighted by Crippen LogP contribution is 2.35. The second-order valence-corrected chi connectivity index (χ2v) is 7.61. The number of rotatable bonds is 6. The first-order valence-electron chi connectivity index (χ1n) is 8.22. The smallest absolute Gasteiger partial charge is 0.417 e. The first-order chi connectivity index (χ1) is 13.5. The second kappa shape index (κ2) is 7.84. The monoisotopic (exact) mass is 429 g/mol. The molecule has 29 heavy (non-hydrogen) atoms. The Morgan fingerprint density at radius 1 is 1.10 bits per heavy atom. The first kappa shape index (κ1) is 20.8. The number of halogens is 4. The van der Waals surface area contributed by atoms with Crippen LogP contribution in [-0.4, -0.2) is 19.9 Å². The Morgan fingerprint density at radius 3 is 2.41 bits per heavy atom. The average Bonchev–Trinajstić information content (AvgIpc) is 3.09. The number of aromatic nitrogens is 1. The highest BCUT2D eigenvalue weighted by Gasteiger charge is 2.36. The van der Waals surface area contributed by atoms with Gasteiger partial charge in [0.2, 0.25) is 15.9 Å². The van der Waals surface area contributed by atoms with Crippen molar-refractivity contribution in [3.05, 3.63) is 65.8 Å². The normalized spacial score (nSPS) is 12.2. The molecular weight excluding hydrogens is 414 g/mol. The number of benzene rings is 2. The Kier molecular flexibility index (Phi) is 5.62. The molecule has 3 N–H and O–H groups in total. The molecule has 6 nitrogen and oxygen atoms in total. The summed E-state index contributed by atoms with van der Waals surface area (Å²) in [6.45, 7) is 0.210. The lowest BCUT2D eigenvalue weighted by Gasteiger charge is -2.14. The molecule has 11 heteroatoms. The molecule has 0 aliphatic carbocycles. The summed E-state index contributed by atoms with van der Waals surface area (Å²) in [6.07, 6.45) is -3.16. The van der Waals surface area contributed by atoms with Gasteiger partial charge in [-0.05, 0) is 42.5 Å². The molecule has 2 aromatic carbocycles. The summed E-state index contributed by atoms with van der Waals surface area (Å²) in [6, 6.07) is 8.25. The number of alkyl halides is 3. The number of hydrogen-bond donors (Lipinski definition) is 2. The molecule has 0 radical (unpaired) electrons. The number of nitrogens with two attached hydrogens (primary N) is 1. The fourth-order valence-electron chi connectivity index (χ4n) is 2.59. The molecule has 0 aliphatic heterocycles. The number of anilines is 1. The van der Waals surface area contributed by atoms with Gasteiger partial charge in [-0.25, -0.2) is 22.9 Å². The standard InChI is InChI=1S/C18H15F4N3O3S/c19-12-3-1-11(2-4-12)17-25-14(10-28-17)7-8-24-13-5-6-16(29(23,26)27)15(9-13)18(20,21)22/h1-6,9-10,24H,7-8H2,(H2,23,26,27). The fourth-order valence-corrected chi connectivity index (χ4v) is 3.33. The van der Waals surface area contributed by atoms with Crippen LogP contribution in [0, 0.1) is 5.82 Å². The van der Waals surface area contributed by atoms with Crippen LogP contribution in [0.3, 0.4) is 0 Å².